The van der Waals surface area contributed by atoms with Crippen molar-refractivity contribution in [3.63, 3.8) is 0 Å². The zero-order chi connectivity index (χ0) is 22.5. The van der Waals surface area contributed by atoms with Crippen molar-refractivity contribution in [3.05, 3.63) is 21.8 Å². The van der Waals surface area contributed by atoms with Crippen LogP contribution in [-0.2, 0) is 24.0 Å². The van der Waals surface area contributed by atoms with E-state index in [1.807, 2.05) is 6.92 Å². The molecule has 3 heterocycles. The Labute approximate surface area is 189 Å². The van der Waals surface area contributed by atoms with Gasteiger partial charge < -0.3 is 20.6 Å². The summed E-state index contributed by atoms with van der Waals surface area (Å²) in [5.74, 6) is -2.40. The summed E-state index contributed by atoms with van der Waals surface area (Å²) in [7, 11) is 0. The first-order valence-electron chi connectivity index (χ1n) is 9.12. The number of unbranched alkanes of at least 4 members (excludes halogenated alkanes) is 1. The Kier molecular flexibility index (Phi) is 7.51. The van der Waals surface area contributed by atoms with Crippen molar-refractivity contribution in [2.75, 3.05) is 17.7 Å². The minimum Gasteiger partial charge on any atom is -0.477 e. The number of thiazole rings is 1. The van der Waals surface area contributed by atoms with Crippen LogP contribution in [0.2, 0.25) is 0 Å². The average Bonchev–Trinajstić information content (AvgIpc) is 3.19. The molecule has 1 fully saturated rings. The lowest BCUT2D eigenvalue weighted by atomic mass is 10.0. The highest BCUT2D eigenvalue weighted by Gasteiger charge is 2.54. The molecule has 0 radical (unpaired) electrons. The zero-order valence-electron chi connectivity index (χ0n) is 16.2. The van der Waals surface area contributed by atoms with Crippen LogP contribution in [0.1, 0.15) is 25.5 Å². The number of rotatable bonds is 10. The summed E-state index contributed by atoms with van der Waals surface area (Å²) in [4.78, 5) is 57.9. The summed E-state index contributed by atoms with van der Waals surface area (Å²) in [5, 5.41) is 19.4. The van der Waals surface area contributed by atoms with Crippen LogP contribution in [0.25, 0.3) is 0 Å². The topological polar surface area (TPSA) is 150 Å². The molecule has 166 valence electrons. The quantitative estimate of drug-likeness (QED) is 0.146. The van der Waals surface area contributed by atoms with E-state index in [0.717, 1.165) is 29.1 Å². The van der Waals surface area contributed by atoms with Gasteiger partial charge in [-0.1, -0.05) is 30.1 Å². The van der Waals surface area contributed by atoms with Gasteiger partial charge in [-0.3, -0.25) is 19.3 Å². The molecule has 14 heteroatoms. The third kappa shape index (κ3) is 4.83. The van der Waals surface area contributed by atoms with E-state index in [0.29, 0.717) is 6.41 Å². The predicted octanol–water partition coefficient (Wildman–Crippen LogP) is 1.17. The van der Waals surface area contributed by atoms with Crippen molar-refractivity contribution in [2.24, 2.45) is 5.16 Å². The Hall–Kier alpha value is -2.64. The standard InChI is InChI=1S/C17H18ClN5O6S2/c1-2-3-4-29-22-10(9-6-31-17(20-9)19-7-24)13(25)21-11-14(26)23-12(16(27)28)8(18)5-30-15(11)23/h6-7,11,15H,2-5H2,1H3,(H,21,25)(H,27,28)(H,19,20,24)/b22-10-/t11?,15-/m1/s1. The van der Waals surface area contributed by atoms with Gasteiger partial charge in [0.05, 0.1) is 5.03 Å². The molecule has 1 aromatic heterocycles. The number of hydrogen-bond donors (Lipinski definition) is 3. The lowest BCUT2D eigenvalue weighted by molar-refractivity contribution is -0.150. The highest BCUT2D eigenvalue weighted by atomic mass is 35.5. The molecule has 2 aliphatic rings. The SMILES string of the molecule is CCCCO/N=C(\C(=O)NC1C(=O)N2C(C(=O)O)=C(Cl)CS[C@H]12)c1csc(NC=O)n1. The van der Waals surface area contributed by atoms with E-state index in [1.165, 1.54) is 17.1 Å². The van der Waals surface area contributed by atoms with Gasteiger partial charge in [0.15, 0.2) is 10.8 Å². The summed E-state index contributed by atoms with van der Waals surface area (Å²) < 4.78 is 0. The Balaban J connectivity index is 1.77. The van der Waals surface area contributed by atoms with Gasteiger partial charge >= 0.3 is 5.97 Å². The van der Waals surface area contributed by atoms with Gasteiger partial charge in [-0.2, -0.15) is 0 Å². The molecule has 3 amide bonds. The monoisotopic (exact) mass is 487 g/mol. The molecule has 0 aliphatic carbocycles. The van der Waals surface area contributed by atoms with Crippen LogP contribution < -0.4 is 10.6 Å². The van der Waals surface area contributed by atoms with Gasteiger partial charge in [0.25, 0.3) is 11.8 Å². The highest BCUT2D eigenvalue weighted by molar-refractivity contribution is 8.00. The van der Waals surface area contributed by atoms with Gasteiger partial charge in [0, 0.05) is 11.1 Å². The van der Waals surface area contributed by atoms with Gasteiger partial charge in [-0.25, -0.2) is 9.78 Å². The number of aliphatic carboxylic acids is 1. The average molecular weight is 488 g/mol. The fraction of sp³-hybridized carbons (Fsp3) is 0.412. The number of thioether (sulfide) groups is 1. The summed E-state index contributed by atoms with van der Waals surface area (Å²) >= 11 is 8.29. The van der Waals surface area contributed by atoms with E-state index in [2.05, 4.69) is 20.8 Å². The molecule has 0 bridgehead atoms. The molecule has 31 heavy (non-hydrogen) atoms. The van der Waals surface area contributed by atoms with E-state index in [9.17, 15) is 24.3 Å². The maximum absolute atomic E-state index is 12.9. The molecule has 1 unspecified atom stereocenters. The van der Waals surface area contributed by atoms with E-state index in [1.54, 1.807) is 0 Å². The first kappa shape index (κ1) is 23.0. The van der Waals surface area contributed by atoms with Crippen LogP contribution in [0.5, 0.6) is 0 Å². The van der Waals surface area contributed by atoms with Crippen molar-refractivity contribution in [3.8, 4) is 0 Å². The molecular formula is C17H18ClN5O6S2. The number of anilines is 1. The van der Waals surface area contributed by atoms with Gasteiger partial charge in [-0.15, -0.1) is 23.1 Å². The van der Waals surface area contributed by atoms with Crippen LogP contribution in [0.4, 0.5) is 5.13 Å². The highest BCUT2D eigenvalue weighted by Crippen LogP contribution is 2.41. The number of halogens is 1. The number of oxime groups is 1. The number of carbonyl (C=O) groups excluding carboxylic acids is 3. The molecule has 3 rings (SSSR count). The zero-order valence-corrected chi connectivity index (χ0v) is 18.6. The van der Waals surface area contributed by atoms with Crippen molar-refractivity contribution in [1.29, 1.82) is 0 Å². The van der Waals surface area contributed by atoms with Crippen LogP contribution >= 0.6 is 34.7 Å². The summed E-state index contributed by atoms with van der Waals surface area (Å²) in [6.07, 6.45) is 2.06. The molecule has 1 aromatic rings. The maximum Gasteiger partial charge on any atom is 0.353 e. The number of amides is 3. The Bertz CT molecular complexity index is 965. The molecular weight excluding hydrogens is 470 g/mol. The first-order chi connectivity index (χ1) is 14.9. The number of hydrogen-bond acceptors (Lipinski definition) is 9. The van der Waals surface area contributed by atoms with E-state index in [-0.39, 0.29) is 39.6 Å². The number of aromatic nitrogens is 1. The van der Waals surface area contributed by atoms with Crippen LogP contribution in [-0.4, -0.2) is 68.7 Å². The Morgan fingerprint density at radius 3 is 2.97 bits per heavy atom. The number of carbonyl (C=O) groups is 4. The van der Waals surface area contributed by atoms with E-state index in [4.69, 9.17) is 16.4 Å². The number of carboxylic acid groups (broad SMARTS) is 1. The lowest BCUT2D eigenvalue weighted by Gasteiger charge is -2.48. The third-order valence-electron chi connectivity index (χ3n) is 4.30. The van der Waals surface area contributed by atoms with Gasteiger partial charge in [0.2, 0.25) is 6.41 Å². The largest absolute Gasteiger partial charge is 0.477 e. The number of carboxylic acids is 1. The van der Waals surface area contributed by atoms with Crippen LogP contribution in [0.15, 0.2) is 21.3 Å². The van der Waals surface area contributed by atoms with E-state index < -0.39 is 29.2 Å². The van der Waals surface area contributed by atoms with Crippen molar-refractivity contribution >= 4 is 69.7 Å². The molecule has 0 saturated carbocycles. The molecule has 3 N–H and O–H groups in total. The smallest absolute Gasteiger partial charge is 0.353 e. The Morgan fingerprint density at radius 2 is 2.29 bits per heavy atom. The second kappa shape index (κ2) is 10.1. The van der Waals surface area contributed by atoms with Crippen LogP contribution in [0.3, 0.4) is 0 Å². The molecule has 0 spiro atoms. The minimum atomic E-state index is -1.31. The molecule has 0 aromatic carbocycles. The first-order valence-corrected chi connectivity index (χ1v) is 11.4. The number of β-lactam (4-membered cyclic amide) rings is 1. The van der Waals surface area contributed by atoms with Crippen molar-refractivity contribution < 1.29 is 29.1 Å². The summed E-state index contributed by atoms with van der Waals surface area (Å²) in [5.41, 5.74) is -0.274. The van der Waals surface area contributed by atoms with Gasteiger partial charge in [-0.05, 0) is 6.42 Å². The second-order valence-electron chi connectivity index (χ2n) is 6.35. The Morgan fingerprint density at radius 1 is 1.52 bits per heavy atom. The van der Waals surface area contributed by atoms with Crippen LogP contribution in [0, 0.1) is 0 Å². The van der Waals surface area contributed by atoms with Crippen molar-refractivity contribution in [1.82, 2.24) is 15.2 Å². The van der Waals surface area contributed by atoms with Gasteiger partial charge in [0.1, 0.15) is 29.4 Å². The fourth-order valence-electron chi connectivity index (χ4n) is 2.81. The molecule has 1 saturated heterocycles. The van der Waals surface area contributed by atoms with E-state index >= 15 is 0 Å². The summed E-state index contributed by atoms with van der Waals surface area (Å²) in [6, 6.07) is -0.955. The predicted molar refractivity (Wildman–Crippen MR) is 115 cm³/mol. The number of fused-ring (bicyclic) bond motifs is 1. The minimum absolute atomic E-state index is 0.0659. The third-order valence-corrected chi connectivity index (χ3v) is 6.82. The molecule has 11 nitrogen and oxygen atoms in total. The number of nitrogens with zero attached hydrogens (tertiary/aromatic N) is 3. The summed E-state index contributed by atoms with van der Waals surface area (Å²) in [6.45, 7) is 2.26. The second-order valence-corrected chi connectivity index (χ2v) is 8.77. The number of nitrogens with one attached hydrogen (secondary N) is 2. The lowest BCUT2D eigenvalue weighted by Crippen LogP contribution is -2.71. The molecule has 2 atom stereocenters. The van der Waals surface area contributed by atoms with Crippen molar-refractivity contribution in [2.45, 2.75) is 31.2 Å². The maximum atomic E-state index is 12.9. The normalized spacial score (nSPS) is 20.6. The molecule has 2 aliphatic heterocycles. The fourth-order valence-corrected chi connectivity index (χ4v) is 5.02.